The van der Waals surface area contributed by atoms with E-state index in [0.717, 1.165) is 37.7 Å². The van der Waals surface area contributed by atoms with Crippen LogP contribution >= 0.6 is 0 Å². The molecule has 1 aliphatic carbocycles. The van der Waals surface area contributed by atoms with Gasteiger partial charge in [-0.05, 0) is 37.0 Å². The van der Waals surface area contributed by atoms with E-state index in [9.17, 15) is 24.8 Å². The molecule has 10 heteroatoms. The van der Waals surface area contributed by atoms with E-state index in [-0.39, 0.29) is 40.3 Å². The predicted octanol–water partition coefficient (Wildman–Crippen LogP) is 4.63. The summed E-state index contributed by atoms with van der Waals surface area (Å²) in [4.78, 5) is 41.4. The first-order chi connectivity index (χ1) is 18.7. The molecule has 1 unspecified atom stereocenters. The largest absolute Gasteiger partial charge is 0.505 e. The molecule has 1 heterocycles. The fourth-order valence-electron chi connectivity index (χ4n) is 5.02. The molecule has 1 atom stereocenters. The van der Waals surface area contributed by atoms with Gasteiger partial charge in [0, 0.05) is 14.1 Å². The second kappa shape index (κ2) is 11.9. The molecular weight excluding hydrogens is 496 g/mol. The Morgan fingerprint density at radius 1 is 1.15 bits per heavy atom. The second-order valence-electron chi connectivity index (χ2n) is 10.0. The Kier molecular flexibility index (Phi) is 8.39. The van der Waals surface area contributed by atoms with Crippen molar-refractivity contribution in [1.82, 2.24) is 14.7 Å². The van der Waals surface area contributed by atoms with E-state index >= 15 is 0 Å². The van der Waals surface area contributed by atoms with Gasteiger partial charge in [-0.25, -0.2) is 4.68 Å². The van der Waals surface area contributed by atoms with Gasteiger partial charge in [-0.1, -0.05) is 56.5 Å². The van der Waals surface area contributed by atoms with Crippen LogP contribution in [0.4, 0.5) is 17.1 Å². The number of phenolic OH excluding ortho intramolecular Hbond substituents is 1. The average molecular weight is 531 g/mol. The highest BCUT2D eigenvalue weighted by molar-refractivity contribution is 5.99. The van der Waals surface area contributed by atoms with E-state index in [2.05, 4.69) is 15.7 Å². The van der Waals surface area contributed by atoms with Crippen LogP contribution in [0.2, 0.25) is 0 Å². The third-order valence-corrected chi connectivity index (χ3v) is 7.14. The van der Waals surface area contributed by atoms with Gasteiger partial charge in [0.2, 0.25) is 0 Å². The summed E-state index contributed by atoms with van der Waals surface area (Å²) in [6, 6.07) is 13.8. The van der Waals surface area contributed by atoms with Crippen molar-refractivity contribution < 1.29 is 9.90 Å². The summed E-state index contributed by atoms with van der Waals surface area (Å²) >= 11 is 0. The number of H-pyrrole nitrogens is 1. The standard InChI is InChI=1S/C29H34N6O4/c1-4-22(19-11-7-5-8-12-19)31-24-25(29(39)35(33-27(24)37)20-13-9-6-10-14-20)32-23-16-18(17-30)15-21(26(23)36)28(38)34(2)3/h5,7-8,11-12,15-16,20,22,31-32,36H,4,6,9-10,13-14H2,1-3H3,(H,33,37). The van der Waals surface area contributed by atoms with Crippen molar-refractivity contribution in [3.63, 3.8) is 0 Å². The molecule has 0 aliphatic heterocycles. The summed E-state index contributed by atoms with van der Waals surface area (Å²) in [5, 5.41) is 29.6. The fraction of sp³-hybridized carbons (Fsp3) is 0.379. The lowest BCUT2D eigenvalue weighted by atomic mass is 9.95. The molecule has 0 spiro atoms. The molecule has 204 valence electrons. The maximum absolute atomic E-state index is 13.9. The first kappa shape index (κ1) is 27.5. The van der Waals surface area contributed by atoms with Crippen LogP contribution in [0.5, 0.6) is 5.75 Å². The number of hydrogen-bond acceptors (Lipinski definition) is 7. The Bertz CT molecular complexity index is 1500. The number of amides is 1. The number of phenols is 1. The lowest BCUT2D eigenvalue weighted by Crippen LogP contribution is -2.37. The molecule has 1 fully saturated rings. The summed E-state index contributed by atoms with van der Waals surface area (Å²) in [7, 11) is 3.06. The molecule has 3 aromatic rings. The molecule has 1 saturated carbocycles. The maximum atomic E-state index is 13.9. The van der Waals surface area contributed by atoms with Gasteiger partial charge in [0.15, 0.2) is 5.75 Å². The quantitative estimate of drug-likeness (QED) is 0.311. The maximum Gasteiger partial charge on any atom is 0.291 e. The highest BCUT2D eigenvalue weighted by Gasteiger charge is 2.26. The van der Waals surface area contributed by atoms with Gasteiger partial charge in [-0.2, -0.15) is 5.26 Å². The van der Waals surface area contributed by atoms with Crippen molar-refractivity contribution in [1.29, 1.82) is 5.26 Å². The number of nitrogens with zero attached hydrogens (tertiary/aromatic N) is 3. The molecule has 2 aromatic carbocycles. The van der Waals surface area contributed by atoms with Crippen LogP contribution in [-0.4, -0.2) is 39.8 Å². The monoisotopic (exact) mass is 530 g/mol. The van der Waals surface area contributed by atoms with Crippen molar-refractivity contribution in [2.24, 2.45) is 0 Å². The molecule has 1 aromatic heterocycles. The van der Waals surface area contributed by atoms with E-state index in [1.54, 1.807) is 0 Å². The molecular formula is C29H34N6O4. The molecule has 1 aliphatic rings. The van der Waals surface area contributed by atoms with Crippen LogP contribution in [0.1, 0.15) is 79.0 Å². The zero-order valence-electron chi connectivity index (χ0n) is 22.5. The van der Waals surface area contributed by atoms with Crippen LogP contribution < -0.4 is 21.8 Å². The van der Waals surface area contributed by atoms with E-state index < -0.39 is 22.8 Å². The van der Waals surface area contributed by atoms with Gasteiger partial charge in [-0.3, -0.25) is 19.5 Å². The van der Waals surface area contributed by atoms with Crippen LogP contribution in [-0.2, 0) is 0 Å². The van der Waals surface area contributed by atoms with Crippen molar-refractivity contribution >= 4 is 23.0 Å². The van der Waals surface area contributed by atoms with Gasteiger partial charge < -0.3 is 20.6 Å². The minimum absolute atomic E-state index is 0.0185. The number of aromatic nitrogens is 2. The average Bonchev–Trinajstić information content (AvgIpc) is 2.96. The normalized spacial score (nSPS) is 14.3. The Hall–Kier alpha value is -4.52. The third kappa shape index (κ3) is 5.82. The highest BCUT2D eigenvalue weighted by atomic mass is 16.3. The second-order valence-corrected chi connectivity index (χ2v) is 10.0. The number of anilines is 3. The van der Waals surface area contributed by atoms with E-state index in [4.69, 9.17) is 0 Å². The van der Waals surface area contributed by atoms with E-state index in [1.165, 1.54) is 35.8 Å². The Labute approximate surface area is 226 Å². The number of aromatic hydroxyl groups is 1. The van der Waals surface area contributed by atoms with Crippen molar-refractivity contribution in [2.45, 2.75) is 57.5 Å². The van der Waals surface area contributed by atoms with Crippen molar-refractivity contribution in [3.05, 3.63) is 79.9 Å². The number of nitriles is 1. The lowest BCUT2D eigenvalue weighted by Gasteiger charge is -2.26. The number of carbonyl (C=O) groups excluding carboxylic acids is 1. The molecule has 0 saturated heterocycles. The van der Waals surface area contributed by atoms with E-state index in [0.29, 0.717) is 6.42 Å². The van der Waals surface area contributed by atoms with Gasteiger partial charge in [-0.15, -0.1) is 0 Å². The van der Waals surface area contributed by atoms with Gasteiger partial charge in [0.25, 0.3) is 17.0 Å². The van der Waals surface area contributed by atoms with Crippen LogP contribution in [0.25, 0.3) is 0 Å². The number of nitrogens with one attached hydrogen (secondary N) is 3. The number of hydrogen-bond donors (Lipinski definition) is 4. The SMILES string of the molecule is CCC(Nc1c(Nc2cc(C#N)cc(C(=O)N(C)C)c2O)c(=O)n(C2CCCCC2)[nH]c1=O)c1ccccc1. The van der Waals surface area contributed by atoms with Crippen molar-refractivity contribution in [2.75, 3.05) is 24.7 Å². The van der Waals surface area contributed by atoms with Gasteiger partial charge in [0.05, 0.1) is 35.0 Å². The summed E-state index contributed by atoms with van der Waals surface area (Å²) in [6.45, 7) is 1.97. The Morgan fingerprint density at radius 3 is 2.46 bits per heavy atom. The Morgan fingerprint density at radius 2 is 1.85 bits per heavy atom. The zero-order valence-corrected chi connectivity index (χ0v) is 22.5. The smallest absolute Gasteiger partial charge is 0.291 e. The van der Waals surface area contributed by atoms with Gasteiger partial charge >= 0.3 is 0 Å². The number of rotatable bonds is 8. The summed E-state index contributed by atoms with van der Waals surface area (Å²) in [5.74, 6) is -0.927. The Balaban J connectivity index is 1.88. The first-order valence-electron chi connectivity index (χ1n) is 13.2. The molecule has 39 heavy (non-hydrogen) atoms. The van der Waals surface area contributed by atoms with Crippen molar-refractivity contribution in [3.8, 4) is 11.8 Å². The zero-order chi connectivity index (χ0) is 28.1. The molecule has 4 rings (SSSR count). The van der Waals surface area contributed by atoms with Crippen LogP contribution in [0.3, 0.4) is 0 Å². The minimum atomic E-state index is -0.508. The molecule has 0 bridgehead atoms. The van der Waals surface area contributed by atoms with E-state index in [1.807, 2.05) is 43.3 Å². The molecule has 4 N–H and O–H groups in total. The third-order valence-electron chi connectivity index (χ3n) is 7.14. The molecule has 0 radical (unpaired) electrons. The highest BCUT2D eigenvalue weighted by Crippen LogP contribution is 2.34. The topological polar surface area (TPSA) is 143 Å². The summed E-state index contributed by atoms with van der Waals surface area (Å²) in [5.41, 5.74) is -0.0561. The number of carbonyl (C=O) groups is 1. The lowest BCUT2D eigenvalue weighted by molar-refractivity contribution is 0.0824. The summed E-state index contributed by atoms with van der Waals surface area (Å²) < 4.78 is 1.37. The molecule has 10 nitrogen and oxygen atoms in total. The fourth-order valence-corrected chi connectivity index (χ4v) is 5.02. The van der Waals surface area contributed by atoms with Crippen LogP contribution in [0, 0.1) is 11.3 Å². The minimum Gasteiger partial charge on any atom is -0.505 e. The number of benzene rings is 2. The predicted molar refractivity (Wildman–Crippen MR) is 151 cm³/mol. The first-order valence-corrected chi connectivity index (χ1v) is 13.2. The number of aromatic amines is 1. The van der Waals surface area contributed by atoms with Gasteiger partial charge in [0.1, 0.15) is 11.4 Å². The summed E-state index contributed by atoms with van der Waals surface area (Å²) in [6.07, 6.45) is 5.14. The molecule has 1 amide bonds. The van der Waals surface area contributed by atoms with Crippen LogP contribution in [0.15, 0.2) is 52.1 Å².